The molecule has 1 saturated carbocycles. The van der Waals surface area contributed by atoms with Crippen molar-refractivity contribution in [1.82, 2.24) is 10.6 Å². The Morgan fingerprint density at radius 3 is 3.12 bits per heavy atom. The van der Waals surface area contributed by atoms with Gasteiger partial charge in [-0.2, -0.15) is 0 Å². The zero-order valence-electron chi connectivity index (χ0n) is 9.96. The van der Waals surface area contributed by atoms with Crippen LogP contribution in [0.25, 0.3) is 0 Å². The lowest BCUT2D eigenvalue weighted by atomic mass is 9.94. The van der Waals surface area contributed by atoms with Gasteiger partial charge in [-0.3, -0.25) is 4.79 Å². The number of fused-ring (bicyclic) bond motifs is 1. The lowest BCUT2D eigenvalue weighted by Gasteiger charge is -2.20. The Labute approximate surface area is 102 Å². The summed E-state index contributed by atoms with van der Waals surface area (Å²) in [5, 5.41) is 6.43. The fourth-order valence-electron chi connectivity index (χ4n) is 2.43. The molecule has 90 valence electrons. The summed E-state index contributed by atoms with van der Waals surface area (Å²) in [6.07, 6.45) is 3.91. The standard InChI is InChI=1S/C14H18N2O/c17-14(16-12-4-5-12)8-11-3-1-2-10-6-7-15-9-13(10)11/h1-3,12,15H,4-9H2,(H,16,17). The second-order valence-corrected chi connectivity index (χ2v) is 5.00. The van der Waals surface area contributed by atoms with E-state index in [0.717, 1.165) is 32.4 Å². The van der Waals surface area contributed by atoms with Gasteiger partial charge in [-0.15, -0.1) is 0 Å². The predicted octanol–water partition coefficient (Wildman–Crippen LogP) is 1.15. The topological polar surface area (TPSA) is 41.1 Å². The molecular formula is C14H18N2O. The molecule has 2 aliphatic rings. The van der Waals surface area contributed by atoms with Crippen LogP contribution in [0.15, 0.2) is 18.2 Å². The van der Waals surface area contributed by atoms with Gasteiger partial charge in [0.25, 0.3) is 0 Å². The van der Waals surface area contributed by atoms with Gasteiger partial charge in [0, 0.05) is 12.6 Å². The summed E-state index contributed by atoms with van der Waals surface area (Å²) in [5.74, 6) is 0.173. The summed E-state index contributed by atoms with van der Waals surface area (Å²) in [4.78, 5) is 11.8. The van der Waals surface area contributed by atoms with Crippen molar-refractivity contribution in [1.29, 1.82) is 0 Å². The van der Waals surface area contributed by atoms with Crippen molar-refractivity contribution >= 4 is 5.91 Å². The minimum Gasteiger partial charge on any atom is -0.353 e. The van der Waals surface area contributed by atoms with Crippen molar-refractivity contribution in [2.45, 2.75) is 38.3 Å². The van der Waals surface area contributed by atoms with Crippen molar-refractivity contribution in [3.05, 3.63) is 34.9 Å². The number of benzene rings is 1. The van der Waals surface area contributed by atoms with Gasteiger partial charge in [-0.1, -0.05) is 18.2 Å². The van der Waals surface area contributed by atoms with E-state index in [1.165, 1.54) is 16.7 Å². The van der Waals surface area contributed by atoms with Crippen LogP contribution in [0, 0.1) is 0 Å². The van der Waals surface area contributed by atoms with Crippen LogP contribution in [0.1, 0.15) is 29.5 Å². The Hall–Kier alpha value is -1.35. The summed E-state index contributed by atoms with van der Waals surface area (Å²) in [6, 6.07) is 6.79. The Morgan fingerprint density at radius 2 is 2.29 bits per heavy atom. The zero-order chi connectivity index (χ0) is 11.7. The molecule has 1 aromatic rings. The van der Waals surface area contributed by atoms with Crippen LogP contribution in [0.2, 0.25) is 0 Å². The quantitative estimate of drug-likeness (QED) is 0.818. The van der Waals surface area contributed by atoms with E-state index >= 15 is 0 Å². The minimum atomic E-state index is 0.173. The first-order chi connectivity index (χ1) is 8.33. The molecule has 3 heteroatoms. The van der Waals surface area contributed by atoms with Gasteiger partial charge < -0.3 is 10.6 Å². The number of carbonyl (C=O) groups excluding carboxylic acids is 1. The van der Waals surface area contributed by atoms with Crippen LogP contribution in [-0.2, 0) is 24.2 Å². The Morgan fingerprint density at radius 1 is 1.41 bits per heavy atom. The van der Waals surface area contributed by atoms with E-state index in [-0.39, 0.29) is 5.91 Å². The lowest BCUT2D eigenvalue weighted by molar-refractivity contribution is -0.120. The molecule has 17 heavy (non-hydrogen) atoms. The van der Waals surface area contributed by atoms with Crippen molar-refractivity contribution < 1.29 is 4.79 Å². The summed E-state index contributed by atoms with van der Waals surface area (Å²) in [5.41, 5.74) is 3.93. The van der Waals surface area contributed by atoms with E-state index in [1.54, 1.807) is 0 Å². The molecule has 2 N–H and O–H groups in total. The maximum atomic E-state index is 11.8. The molecule has 0 unspecified atom stereocenters. The molecule has 3 rings (SSSR count). The van der Waals surface area contributed by atoms with E-state index in [9.17, 15) is 4.79 Å². The summed E-state index contributed by atoms with van der Waals surface area (Å²) in [6.45, 7) is 1.95. The van der Waals surface area contributed by atoms with Crippen molar-refractivity contribution in [3.8, 4) is 0 Å². The maximum Gasteiger partial charge on any atom is 0.224 e. The van der Waals surface area contributed by atoms with E-state index in [0.29, 0.717) is 12.5 Å². The van der Waals surface area contributed by atoms with Crippen LogP contribution in [0.5, 0.6) is 0 Å². The lowest BCUT2D eigenvalue weighted by Crippen LogP contribution is -2.29. The first kappa shape index (κ1) is 10.8. The third-order valence-electron chi connectivity index (χ3n) is 3.54. The molecule has 0 atom stereocenters. The van der Waals surface area contributed by atoms with Gasteiger partial charge >= 0.3 is 0 Å². The SMILES string of the molecule is O=C(Cc1cccc2c1CNCC2)NC1CC1. The molecule has 1 fully saturated rings. The summed E-state index contributed by atoms with van der Waals surface area (Å²) < 4.78 is 0. The van der Waals surface area contributed by atoms with E-state index < -0.39 is 0 Å². The Bertz CT molecular complexity index is 438. The molecule has 1 heterocycles. The molecule has 0 bridgehead atoms. The third-order valence-corrected chi connectivity index (χ3v) is 3.54. The molecule has 0 aromatic heterocycles. The van der Waals surface area contributed by atoms with E-state index in [4.69, 9.17) is 0 Å². The van der Waals surface area contributed by atoms with Crippen molar-refractivity contribution in [3.63, 3.8) is 0 Å². The minimum absolute atomic E-state index is 0.173. The average Bonchev–Trinajstić information content (AvgIpc) is 3.13. The molecule has 0 spiro atoms. The Kier molecular flexibility index (Phi) is 2.85. The molecule has 0 radical (unpaired) electrons. The van der Waals surface area contributed by atoms with E-state index in [2.05, 4.69) is 28.8 Å². The van der Waals surface area contributed by atoms with Crippen LogP contribution in [0.4, 0.5) is 0 Å². The van der Waals surface area contributed by atoms with E-state index in [1.807, 2.05) is 0 Å². The Balaban J connectivity index is 1.75. The fourth-order valence-corrected chi connectivity index (χ4v) is 2.43. The highest BCUT2D eigenvalue weighted by molar-refractivity contribution is 5.79. The first-order valence-electron chi connectivity index (χ1n) is 6.42. The van der Waals surface area contributed by atoms with Gasteiger partial charge in [0.15, 0.2) is 0 Å². The first-order valence-corrected chi connectivity index (χ1v) is 6.42. The predicted molar refractivity (Wildman–Crippen MR) is 66.7 cm³/mol. The molecule has 1 aromatic carbocycles. The second-order valence-electron chi connectivity index (χ2n) is 5.00. The number of hydrogen-bond acceptors (Lipinski definition) is 2. The smallest absolute Gasteiger partial charge is 0.224 e. The van der Waals surface area contributed by atoms with Crippen LogP contribution in [-0.4, -0.2) is 18.5 Å². The second kappa shape index (κ2) is 4.49. The summed E-state index contributed by atoms with van der Waals surface area (Å²) in [7, 11) is 0. The third kappa shape index (κ3) is 2.50. The van der Waals surface area contributed by atoms with Gasteiger partial charge in [0.05, 0.1) is 6.42 Å². The molecule has 1 aliphatic carbocycles. The average molecular weight is 230 g/mol. The molecule has 0 saturated heterocycles. The largest absolute Gasteiger partial charge is 0.353 e. The number of amides is 1. The number of nitrogens with one attached hydrogen (secondary N) is 2. The number of rotatable bonds is 3. The van der Waals surface area contributed by atoms with Gasteiger partial charge in [0.1, 0.15) is 0 Å². The number of hydrogen-bond donors (Lipinski definition) is 2. The molecule has 3 nitrogen and oxygen atoms in total. The van der Waals surface area contributed by atoms with Gasteiger partial charge in [-0.25, -0.2) is 0 Å². The fraction of sp³-hybridized carbons (Fsp3) is 0.500. The van der Waals surface area contributed by atoms with Crippen molar-refractivity contribution in [2.24, 2.45) is 0 Å². The van der Waals surface area contributed by atoms with Crippen LogP contribution in [0.3, 0.4) is 0 Å². The highest BCUT2D eigenvalue weighted by Gasteiger charge is 2.23. The highest BCUT2D eigenvalue weighted by Crippen LogP contribution is 2.21. The molecule has 1 amide bonds. The highest BCUT2D eigenvalue weighted by atomic mass is 16.1. The normalized spacial score (nSPS) is 18.6. The van der Waals surface area contributed by atoms with Crippen LogP contribution >= 0.6 is 0 Å². The number of carbonyl (C=O) groups is 1. The zero-order valence-corrected chi connectivity index (χ0v) is 9.96. The molecule has 1 aliphatic heterocycles. The van der Waals surface area contributed by atoms with Crippen molar-refractivity contribution in [2.75, 3.05) is 6.54 Å². The summed E-state index contributed by atoms with van der Waals surface area (Å²) >= 11 is 0. The van der Waals surface area contributed by atoms with Gasteiger partial charge in [-0.05, 0) is 42.5 Å². The molecular weight excluding hydrogens is 212 g/mol. The van der Waals surface area contributed by atoms with Gasteiger partial charge in [0.2, 0.25) is 5.91 Å². The monoisotopic (exact) mass is 230 g/mol. The maximum absolute atomic E-state index is 11.8. The van der Waals surface area contributed by atoms with Crippen LogP contribution < -0.4 is 10.6 Å².